The van der Waals surface area contributed by atoms with Gasteiger partial charge in [0.15, 0.2) is 11.5 Å². The topological polar surface area (TPSA) is 117 Å². The second kappa shape index (κ2) is 18.4. The number of ether oxygens (including phenoxy) is 4. The summed E-state index contributed by atoms with van der Waals surface area (Å²) >= 11 is 0. The highest BCUT2D eigenvalue weighted by atomic mass is 16.6. The molecule has 40 heavy (non-hydrogen) atoms. The molecular formula is C31H49NO8. The van der Waals surface area contributed by atoms with Gasteiger partial charge in [-0.3, -0.25) is 19.2 Å². The molecule has 1 rings (SSSR count). The van der Waals surface area contributed by atoms with Gasteiger partial charge in [0, 0.05) is 25.8 Å². The fourth-order valence-corrected chi connectivity index (χ4v) is 3.66. The normalized spacial score (nSPS) is 12.8. The third-order valence-corrected chi connectivity index (χ3v) is 6.14. The third kappa shape index (κ3) is 15.0. The standard InChI is InChI=1S/C31H49NO8/c1-20(2)9-14-28(33)38-23(7)19-32-25(31(36)37-8)17-24-12-13-26(39-29(34)15-10-21(3)4)27(18-24)40-30(35)16-11-22(5)6/h12-13,18,20-23,25,32H,9-11,14-17,19H2,1-8H3/t23?,25-/m0/s1. The van der Waals surface area contributed by atoms with Gasteiger partial charge in [0.1, 0.15) is 12.1 Å². The fourth-order valence-electron chi connectivity index (χ4n) is 3.66. The molecule has 0 fully saturated rings. The molecule has 0 bridgehead atoms. The van der Waals surface area contributed by atoms with Gasteiger partial charge in [0.05, 0.1) is 7.11 Å². The highest BCUT2D eigenvalue weighted by Gasteiger charge is 2.23. The molecule has 2 atom stereocenters. The Labute approximate surface area is 239 Å². The molecular weight excluding hydrogens is 514 g/mol. The number of hydrogen-bond donors (Lipinski definition) is 1. The summed E-state index contributed by atoms with van der Waals surface area (Å²) in [5.74, 6) is -0.251. The molecule has 1 unspecified atom stereocenters. The van der Waals surface area contributed by atoms with Gasteiger partial charge in [-0.05, 0) is 68.1 Å². The van der Waals surface area contributed by atoms with Gasteiger partial charge in [-0.2, -0.15) is 0 Å². The Morgan fingerprint density at radius 3 is 1.73 bits per heavy atom. The van der Waals surface area contributed by atoms with Crippen molar-refractivity contribution in [2.75, 3.05) is 13.7 Å². The van der Waals surface area contributed by atoms with Gasteiger partial charge < -0.3 is 24.3 Å². The zero-order chi connectivity index (χ0) is 30.2. The van der Waals surface area contributed by atoms with Crippen LogP contribution in [0.3, 0.4) is 0 Å². The molecule has 1 aromatic carbocycles. The van der Waals surface area contributed by atoms with E-state index in [1.165, 1.54) is 7.11 Å². The van der Waals surface area contributed by atoms with Crippen LogP contribution in [-0.2, 0) is 35.1 Å². The van der Waals surface area contributed by atoms with Crippen molar-refractivity contribution in [3.8, 4) is 11.5 Å². The Hall–Kier alpha value is -2.94. The Morgan fingerprint density at radius 2 is 1.23 bits per heavy atom. The molecule has 0 amide bonds. The predicted octanol–water partition coefficient (Wildman–Crippen LogP) is 5.41. The van der Waals surface area contributed by atoms with Crippen LogP contribution < -0.4 is 14.8 Å². The van der Waals surface area contributed by atoms with E-state index in [9.17, 15) is 19.2 Å². The van der Waals surface area contributed by atoms with Crippen molar-refractivity contribution in [3.63, 3.8) is 0 Å². The maximum Gasteiger partial charge on any atom is 0.323 e. The summed E-state index contributed by atoms with van der Waals surface area (Å²) in [6, 6.07) is 4.14. The Balaban J connectivity index is 3.01. The highest BCUT2D eigenvalue weighted by molar-refractivity contribution is 5.77. The van der Waals surface area contributed by atoms with Crippen molar-refractivity contribution in [1.29, 1.82) is 0 Å². The largest absolute Gasteiger partial charge is 0.468 e. The van der Waals surface area contributed by atoms with E-state index in [4.69, 9.17) is 18.9 Å². The highest BCUT2D eigenvalue weighted by Crippen LogP contribution is 2.30. The first-order chi connectivity index (χ1) is 18.8. The minimum atomic E-state index is -0.745. The van der Waals surface area contributed by atoms with Crippen LogP contribution in [0.2, 0.25) is 0 Å². The summed E-state index contributed by atoms with van der Waals surface area (Å²) in [4.78, 5) is 49.5. The van der Waals surface area contributed by atoms with E-state index < -0.39 is 30.1 Å². The number of esters is 4. The van der Waals surface area contributed by atoms with E-state index in [-0.39, 0.29) is 43.3 Å². The van der Waals surface area contributed by atoms with Crippen LogP contribution in [0, 0.1) is 17.8 Å². The smallest absolute Gasteiger partial charge is 0.323 e. The molecule has 0 spiro atoms. The molecule has 9 heteroatoms. The van der Waals surface area contributed by atoms with Gasteiger partial charge in [-0.15, -0.1) is 0 Å². The van der Waals surface area contributed by atoms with Crippen LogP contribution in [-0.4, -0.2) is 49.7 Å². The van der Waals surface area contributed by atoms with E-state index >= 15 is 0 Å². The van der Waals surface area contributed by atoms with E-state index in [1.54, 1.807) is 25.1 Å². The van der Waals surface area contributed by atoms with Gasteiger partial charge in [0.25, 0.3) is 0 Å². The molecule has 0 radical (unpaired) electrons. The molecule has 0 aliphatic carbocycles. The maximum atomic E-state index is 12.5. The van der Waals surface area contributed by atoms with Crippen LogP contribution in [0.5, 0.6) is 11.5 Å². The second-order valence-electron chi connectivity index (χ2n) is 11.5. The van der Waals surface area contributed by atoms with Gasteiger partial charge in [-0.25, -0.2) is 0 Å². The SMILES string of the molecule is COC(=O)[C@H](Cc1ccc(OC(=O)CCC(C)C)c(OC(=O)CCC(C)C)c1)NCC(C)OC(=O)CCC(C)C. The van der Waals surface area contributed by atoms with Crippen molar-refractivity contribution >= 4 is 23.9 Å². The lowest BCUT2D eigenvalue weighted by Crippen LogP contribution is -2.43. The van der Waals surface area contributed by atoms with E-state index in [0.717, 1.165) is 6.42 Å². The summed E-state index contributed by atoms with van der Waals surface area (Å²) in [6.07, 6.45) is 2.66. The molecule has 0 heterocycles. The molecule has 1 N–H and O–H groups in total. The van der Waals surface area contributed by atoms with Crippen LogP contribution in [0.15, 0.2) is 18.2 Å². The zero-order valence-electron chi connectivity index (χ0n) is 25.5. The summed E-state index contributed by atoms with van der Waals surface area (Å²) < 4.78 is 21.5. The minimum Gasteiger partial charge on any atom is -0.468 e. The number of methoxy groups -OCH3 is 1. The molecule has 1 aromatic rings. The lowest BCUT2D eigenvalue weighted by Gasteiger charge is -2.20. The monoisotopic (exact) mass is 563 g/mol. The van der Waals surface area contributed by atoms with Crippen LogP contribution >= 0.6 is 0 Å². The van der Waals surface area contributed by atoms with Crippen molar-refractivity contribution < 1.29 is 38.1 Å². The quantitative estimate of drug-likeness (QED) is 0.185. The first-order valence-corrected chi connectivity index (χ1v) is 14.4. The number of hydrogen-bond acceptors (Lipinski definition) is 9. The number of rotatable bonds is 18. The van der Waals surface area contributed by atoms with Gasteiger partial charge in [-0.1, -0.05) is 47.6 Å². The van der Waals surface area contributed by atoms with Gasteiger partial charge >= 0.3 is 23.9 Å². The average Bonchev–Trinajstić information content (AvgIpc) is 2.88. The van der Waals surface area contributed by atoms with Crippen LogP contribution in [0.25, 0.3) is 0 Å². The predicted molar refractivity (Wildman–Crippen MR) is 153 cm³/mol. The third-order valence-electron chi connectivity index (χ3n) is 6.14. The molecule has 0 aromatic heterocycles. The zero-order valence-corrected chi connectivity index (χ0v) is 25.5. The van der Waals surface area contributed by atoms with Crippen molar-refractivity contribution in [2.45, 2.75) is 106 Å². The maximum absolute atomic E-state index is 12.5. The molecule has 0 saturated carbocycles. The minimum absolute atomic E-state index is 0.125. The van der Waals surface area contributed by atoms with Crippen molar-refractivity contribution in [3.05, 3.63) is 23.8 Å². The van der Waals surface area contributed by atoms with Crippen LogP contribution in [0.1, 0.15) is 92.6 Å². The van der Waals surface area contributed by atoms with Gasteiger partial charge in [0.2, 0.25) is 0 Å². The van der Waals surface area contributed by atoms with E-state index in [0.29, 0.717) is 42.6 Å². The summed E-state index contributed by atoms with van der Waals surface area (Å²) in [6.45, 7) is 14.2. The number of carbonyl (C=O) groups is 4. The van der Waals surface area contributed by atoms with Crippen molar-refractivity contribution in [1.82, 2.24) is 5.32 Å². The summed E-state index contributed by atoms with van der Waals surface area (Å²) in [7, 11) is 1.30. The molecule has 9 nitrogen and oxygen atoms in total. The summed E-state index contributed by atoms with van der Waals surface area (Å²) in [5.41, 5.74) is 0.665. The first kappa shape index (κ1) is 35.1. The lowest BCUT2D eigenvalue weighted by atomic mass is 10.0. The molecule has 0 aliphatic rings. The van der Waals surface area contributed by atoms with Crippen molar-refractivity contribution in [2.24, 2.45) is 17.8 Å². The Morgan fingerprint density at radius 1 is 0.725 bits per heavy atom. The molecule has 0 aliphatic heterocycles. The first-order valence-electron chi connectivity index (χ1n) is 14.4. The molecule has 0 saturated heterocycles. The average molecular weight is 564 g/mol. The number of carbonyl (C=O) groups excluding carboxylic acids is 4. The van der Waals surface area contributed by atoms with Crippen LogP contribution in [0.4, 0.5) is 0 Å². The summed E-state index contributed by atoms with van der Waals surface area (Å²) in [5, 5.41) is 3.11. The number of nitrogens with one attached hydrogen (secondary N) is 1. The fraction of sp³-hybridized carbons (Fsp3) is 0.677. The second-order valence-corrected chi connectivity index (χ2v) is 11.5. The molecule has 226 valence electrons. The van der Waals surface area contributed by atoms with E-state index in [1.807, 2.05) is 41.5 Å². The lowest BCUT2D eigenvalue weighted by molar-refractivity contribution is -0.148. The van der Waals surface area contributed by atoms with E-state index in [2.05, 4.69) is 5.32 Å². The Bertz CT molecular complexity index is 957. The number of benzene rings is 1. The Kier molecular flexibility index (Phi) is 16.2.